The fraction of sp³-hybridized carbons (Fsp3) is 0.364. The van der Waals surface area contributed by atoms with Crippen molar-refractivity contribution in [2.45, 2.75) is 13.5 Å². The Balaban J connectivity index is 2.78. The van der Waals surface area contributed by atoms with E-state index in [1.165, 1.54) is 0 Å². The molecule has 0 aromatic heterocycles. The van der Waals surface area contributed by atoms with Crippen LogP contribution >= 0.6 is 0 Å². The van der Waals surface area contributed by atoms with Gasteiger partial charge in [0.25, 0.3) is 0 Å². The third-order valence-electron chi connectivity index (χ3n) is 2.14. The molecule has 0 spiro atoms. The molecular weight excluding hydrogens is 198 g/mol. The lowest BCUT2D eigenvalue weighted by molar-refractivity contribution is 0.309. The standard InChI is InChI=1S/C11H12F2N2/c1-2-15(6-5-14)8-9-7-10(12)3-4-11(9)13/h3-4,7H,2,6,8H2,1H3. The molecule has 1 aromatic rings. The molecule has 0 aliphatic heterocycles. The summed E-state index contributed by atoms with van der Waals surface area (Å²) >= 11 is 0. The fourth-order valence-electron chi connectivity index (χ4n) is 1.28. The molecule has 4 heteroatoms. The van der Waals surface area contributed by atoms with Crippen LogP contribution in [0, 0.1) is 23.0 Å². The van der Waals surface area contributed by atoms with Crippen LogP contribution in [-0.2, 0) is 6.54 Å². The molecule has 1 rings (SSSR count). The van der Waals surface area contributed by atoms with Gasteiger partial charge in [-0.15, -0.1) is 0 Å². The highest BCUT2D eigenvalue weighted by Crippen LogP contribution is 2.11. The second kappa shape index (κ2) is 5.42. The maximum absolute atomic E-state index is 13.2. The third kappa shape index (κ3) is 3.30. The number of nitrogens with zero attached hydrogens (tertiary/aromatic N) is 2. The van der Waals surface area contributed by atoms with E-state index in [9.17, 15) is 8.78 Å². The van der Waals surface area contributed by atoms with Crippen LogP contribution in [0.1, 0.15) is 12.5 Å². The molecule has 0 atom stereocenters. The van der Waals surface area contributed by atoms with Crippen LogP contribution in [0.3, 0.4) is 0 Å². The highest BCUT2D eigenvalue weighted by atomic mass is 19.1. The molecule has 0 unspecified atom stereocenters. The lowest BCUT2D eigenvalue weighted by Gasteiger charge is -2.16. The first-order chi connectivity index (χ1) is 7.17. The van der Waals surface area contributed by atoms with Crippen LogP contribution in [-0.4, -0.2) is 18.0 Å². The summed E-state index contributed by atoms with van der Waals surface area (Å²) in [5.74, 6) is -0.896. The van der Waals surface area contributed by atoms with Crippen molar-refractivity contribution in [1.29, 1.82) is 5.26 Å². The van der Waals surface area contributed by atoms with Crippen molar-refractivity contribution in [2.75, 3.05) is 13.1 Å². The minimum absolute atomic E-state index is 0.215. The van der Waals surface area contributed by atoms with Gasteiger partial charge in [0.05, 0.1) is 12.6 Å². The molecular formula is C11H12F2N2. The van der Waals surface area contributed by atoms with E-state index in [4.69, 9.17) is 5.26 Å². The smallest absolute Gasteiger partial charge is 0.127 e. The van der Waals surface area contributed by atoms with Crippen LogP contribution in [0.25, 0.3) is 0 Å². The summed E-state index contributed by atoms with van der Waals surface area (Å²) in [6.45, 7) is 2.97. The summed E-state index contributed by atoms with van der Waals surface area (Å²) in [4.78, 5) is 1.73. The van der Waals surface area contributed by atoms with Gasteiger partial charge in [-0.1, -0.05) is 6.92 Å². The van der Waals surface area contributed by atoms with Crippen LogP contribution in [0.4, 0.5) is 8.78 Å². The predicted octanol–water partition coefficient (Wildman–Crippen LogP) is 2.31. The lowest BCUT2D eigenvalue weighted by atomic mass is 10.2. The zero-order valence-corrected chi connectivity index (χ0v) is 8.50. The summed E-state index contributed by atoms with van der Waals surface area (Å²) in [6.07, 6.45) is 0. The molecule has 0 amide bonds. The summed E-state index contributed by atoms with van der Waals surface area (Å²) in [5, 5.41) is 8.51. The first-order valence-electron chi connectivity index (χ1n) is 4.70. The van der Waals surface area contributed by atoms with Gasteiger partial charge in [0.2, 0.25) is 0 Å². The lowest BCUT2D eigenvalue weighted by Crippen LogP contribution is -2.23. The number of benzene rings is 1. The zero-order chi connectivity index (χ0) is 11.3. The summed E-state index contributed by atoms with van der Waals surface area (Å²) < 4.78 is 26.1. The van der Waals surface area contributed by atoms with Crippen molar-refractivity contribution in [3.63, 3.8) is 0 Å². The molecule has 0 radical (unpaired) electrons. The van der Waals surface area contributed by atoms with Crippen LogP contribution in [0.2, 0.25) is 0 Å². The number of hydrogen-bond donors (Lipinski definition) is 0. The maximum atomic E-state index is 13.2. The van der Waals surface area contributed by atoms with E-state index in [1.807, 2.05) is 13.0 Å². The first-order valence-corrected chi connectivity index (χ1v) is 4.70. The topological polar surface area (TPSA) is 27.0 Å². The molecule has 0 N–H and O–H groups in total. The van der Waals surface area contributed by atoms with Gasteiger partial charge in [0.1, 0.15) is 11.6 Å². The Labute approximate surface area is 87.7 Å². The van der Waals surface area contributed by atoms with Crippen LogP contribution in [0.15, 0.2) is 18.2 Å². The fourth-order valence-corrected chi connectivity index (χ4v) is 1.28. The van der Waals surface area contributed by atoms with Gasteiger partial charge in [-0.2, -0.15) is 5.26 Å². The molecule has 0 aliphatic rings. The summed E-state index contributed by atoms with van der Waals surface area (Å²) in [6, 6.07) is 5.33. The minimum Gasteiger partial charge on any atom is -0.286 e. The second-order valence-corrected chi connectivity index (χ2v) is 3.20. The molecule has 15 heavy (non-hydrogen) atoms. The Morgan fingerprint density at radius 1 is 1.40 bits per heavy atom. The van der Waals surface area contributed by atoms with Crippen LogP contribution in [0.5, 0.6) is 0 Å². The highest BCUT2D eigenvalue weighted by Gasteiger charge is 2.08. The molecule has 0 saturated carbocycles. The van der Waals surface area contributed by atoms with Gasteiger partial charge in [-0.05, 0) is 24.7 Å². The van der Waals surface area contributed by atoms with E-state index in [-0.39, 0.29) is 18.7 Å². The normalized spacial score (nSPS) is 10.3. The monoisotopic (exact) mass is 210 g/mol. The van der Waals surface area contributed by atoms with Gasteiger partial charge in [0, 0.05) is 12.1 Å². The Morgan fingerprint density at radius 3 is 2.73 bits per heavy atom. The van der Waals surface area contributed by atoms with Crippen molar-refractivity contribution in [1.82, 2.24) is 4.90 Å². The van der Waals surface area contributed by atoms with Crippen molar-refractivity contribution in [3.8, 4) is 6.07 Å². The van der Waals surface area contributed by atoms with E-state index >= 15 is 0 Å². The summed E-state index contributed by atoms with van der Waals surface area (Å²) in [7, 11) is 0. The molecule has 0 saturated heterocycles. The van der Waals surface area contributed by atoms with Crippen molar-refractivity contribution in [3.05, 3.63) is 35.4 Å². The number of halogens is 2. The Kier molecular flexibility index (Phi) is 4.19. The Morgan fingerprint density at radius 2 is 2.13 bits per heavy atom. The van der Waals surface area contributed by atoms with Gasteiger partial charge >= 0.3 is 0 Å². The van der Waals surface area contributed by atoms with Crippen LogP contribution < -0.4 is 0 Å². The van der Waals surface area contributed by atoms with Crippen molar-refractivity contribution in [2.24, 2.45) is 0 Å². The number of nitriles is 1. The third-order valence-corrected chi connectivity index (χ3v) is 2.14. The molecule has 0 aliphatic carbocycles. The van der Waals surface area contributed by atoms with Crippen molar-refractivity contribution < 1.29 is 8.78 Å². The average Bonchev–Trinajstić information content (AvgIpc) is 2.22. The molecule has 2 nitrogen and oxygen atoms in total. The highest BCUT2D eigenvalue weighted by molar-refractivity contribution is 5.18. The number of rotatable bonds is 4. The van der Waals surface area contributed by atoms with E-state index in [1.54, 1.807) is 4.90 Å². The minimum atomic E-state index is -0.459. The summed E-state index contributed by atoms with van der Waals surface area (Å²) in [5.41, 5.74) is 0.284. The Hall–Kier alpha value is -1.47. The van der Waals surface area contributed by atoms with E-state index in [0.29, 0.717) is 6.54 Å². The quantitative estimate of drug-likeness (QED) is 0.713. The molecule has 0 bridgehead atoms. The van der Waals surface area contributed by atoms with Gasteiger partial charge < -0.3 is 0 Å². The van der Waals surface area contributed by atoms with E-state index in [0.717, 1.165) is 18.2 Å². The number of hydrogen-bond acceptors (Lipinski definition) is 2. The van der Waals surface area contributed by atoms with Gasteiger partial charge in [0.15, 0.2) is 0 Å². The largest absolute Gasteiger partial charge is 0.286 e. The van der Waals surface area contributed by atoms with E-state index < -0.39 is 11.6 Å². The second-order valence-electron chi connectivity index (χ2n) is 3.20. The van der Waals surface area contributed by atoms with E-state index in [2.05, 4.69) is 0 Å². The molecule has 0 heterocycles. The predicted molar refractivity (Wildman–Crippen MR) is 52.9 cm³/mol. The average molecular weight is 210 g/mol. The zero-order valence-electron chi connectivity index (χ0n) is 8.50. The molecule has 1 aromatic carbocycles. The molecule has 0 fully saturated rings. The van der Waals surface area contributed by atoms with Crippen molar-refractivity contribution >= 4 is 0 Å². The SMILES string of the molecule is CCN(CC#N)Cc1cc(F)ccc1F. The first kappa shape index (κ1) is 11.6. The molecule has 80 valence electrons. The van der Waals surface area contributed by atoms with Gasteiger partial charge in [-0.25, -0.2) is 8.78 Å². The Bertz CT molecular complexity index is 371. The maximum Gasteiger partial charge on any atom is 0.127 e. The van der Waals surface area contributed by atoms with Gasteiger partial charge in [-0.3, -0.25) is 4.90 Å².